The van der Waals surface area contributed by atoms with Gasteiger partial charge in [-0.25, -0.2) is 4.98 Å². The lowest BCUT2D eigenvalue weighted by molar-refractivity contribution is 0.279. The van der Waals surface area contributed by atoms with Crippen molar-refractivity contribution in [2.24, 2.45) is 0 Å². The van der Waals surface area contributed by atoms with Gasteiger partial charge in [0.1, 0.15) is 0 Å². The van der Waals surface area contributed by atoms with Crippen molar-refractivity contribution >= 4 is 21.6 Å². The first kappa shape index (κ1) is 14.4. The minimum atomic E-state index is 0.770. The van der Waals surface area contributed by atoms with Crippen molar-refractivity contribution in [2.75, 3.05) is 13.1 Å². The number of aromatic nitrogens is 1. The van der Waals surface area contributed by atoms with E-state index in [0.717, 1.165) is 43.6 Å². The van der Waals surface area contributed by atoms with Gasteiger partial charge in [0.05, 0.1) is 27.4 Å². The second-order valence-electron chi connectivity index (χ2n) is 6.03. The number of fused-ring (bicyclic) bond motifs is 2. The highest BCUT2D eigenvalue weighted by Crippen LogP contribution is 2.22. The zero-order valence-corrected chi connectivity index (χ0v) is 13.6. The second kappa shape index (κ2) is 6.11. The lowest BCUT2D eigenvalue weighted by Crippen LogP contribution is -2.25. The van der Waals surface area contributed by atoms with E-state index in [4.69, 9.17) is 5.26 Å². The quantitative estimate of drug-likeness (QED) is 0.722. The van der Waals surface area contributed by atoms with Crippen molar-refractivity contribution in [3.05, 3.63) is 64.2 Å². The van der Waals surface area contributed by atoms with E-state index in [-0.39, 0.29) is 0 Å². The lowest BCUT2D eigenvalue weighted by atomic mass is 10.0. The molecule has 0 spiro atoms. The molecule has 0 N–H and O–H groups in total. The van der Waals surface area contributed by atoms with Gasteiger partial charge in [0.2, 0.25) is 0 Å². The third kappa shape index (κ3) is 2.98. The molecule has 0 atom stereocenters. The van der Waals surface area contributed by atoms with Gasteiger partial charge in [0, 0.05) is 19.6 Å². The van der Waals surface area contributed by atoms with E-state index in [2.05, 4.69) is 46.3 Å². The first-order chi connectivity index (χ1) is 11.3. The molecule has 1 aromatic heterocycles. The van der Waals surface area contributed by atoms with Crippen LogP contribution in [0.3, 0.4) is 0 Å². The van der Waals surface area contributed by atoms with E-state index >= 15 is 0 Å². The second-order valence-corrected chi connectivity index (χ2v) is 6.91. The number of nitrogens with zero attached hydrogens (tertiary/aromatic N) is 3. The van der Waals surface area contributed by atoms with E-state index in [1.807, 2.05) is 11.6 Å². The maximum Gasteiger partial charge on any atom is 0.0991 e. The monoisotopic (exact) mass is 319 g/mol. The molecule has 0 aliphatic carbocycles. The molecule has 3 nitrogen and oxygen atoms in total. The molecule has 0 fully saturated rings. The Bertz CT molecular complexity index is 891. The van der Waals surface area contributed by atoms with Gasteiger partial charge in [0.25, 0.3) is 0 Å². The molecular weight excluding hydrogens is 302 g/mol. The Morgan fingerprint density at radius 3 is 2.83 bits per heavy atom. The lowest BCUT2D eigenvalue weighted by Gasteiger charge is -2.19. The van der Waals surface area contributed by atoms with Crippen LogP contribution in [0.2, 0.25) is 0 Å². The van der Waals surface area contributed by atoms with E-state index in [1.54, 1.807) is 11.3 Å². The molecule has 4 heteroatoms. The highest BCUT2D eigenvalue weighted by molar-refractivity contribution is 7.16. The summed E-state index contributed by atoms with van der Waals surface area (Å²) in [5, 5.41) is 9.06. The van der Waals surface area contributed by atoms with Crippen molar-refractivity contribution in [2.45, 2.75) is 19.4 Å². The molecule has 0 saturated carbocycles. The summed E-state index contributed by atoms with van der Waals surface area (Å²) in [5.41, 5.74) is 7.83. The minimum Gasteiger partial charge on any atom is -0.298 e. The van der Waals surface area contributed by atoms with Gasteiger partial charge in [-0.2, -0.15) is 5.26 Å². The van der Waals surface area contributed by atoms with Crippen LogP contribution in [0, 0.1) is 11.3 Å². The fraction of sp³-hybridized carbons (Fsp3) is 0.263. The zero-order chi connectivity index (χ0) is 15.6. The Labute approximate surface area is 139 Å². The average molecular weight is 319 g/mol. The Morgan fingerprint density at radius 2 is 1.96 bits per heavy atom. The van der Waals surface area contributed by atoms with Crippen LogP contribution >= 0.6 is 11.3 Å². The van der Waals surface area contributed by atoms with Crippen molar-refractivity contribution in [3.63, 3.8) is 0 Å². The van der Waals surface area contributed by atoms with E-state index in [0.29, 0.717) is 0 Å². The predicted molar refractivity (Wildman–Crippen MR) is 93.5 cm³/mol. The number of rotatable bonds is 2. The largest absolute Gasteiger partial charge is 0.298 e. The Morgan fingerprint density at radius 1 is 1.09 bits per heavy atom. The molecule has 0 unspecified atom stereocenters. The van der Waals surface area contributed by atoms with Crippen LogP contribution in [0.1, 0.15) is 22.3 Å². The SMILES string of the molecule is N#Cc1ccc2c(c1)CCN(Cc1ccc3scnc3c1)CC2. The first-order valence-corrected chi connectivity index (χ1v) is 8.76. The summed E-state index contributed by atoms with van der Waals surface area (Å²) in [7, 11) is 0. The third-order valence-electron chi connectivity index (χ3n) is 4.53. The van der Waals surface area contributed by atoms with Crippen LogP contribution in [-0.4, -0.2) is 23.0 Å². The van der Waals surface area contributed by atoms with Gasteiger partial charge in [-0.1, -0.05) is 12.1 Å². The summed E-state index contributed by atoms with van der Waals surface area (Å²) in [6.07, 6.45) is 2.07. The Kier molecular flexibility index (Phi) is 3.82. The molecule has 2 heterocycles. The van der Waals surface area contributed by atoms with Crippen LogP contribution in [0.5, 0.6) is 0 Å². The first-order valence-electron chi connectivity index (χ1n) is 7.88. The highest BCUT2D eigenvalue weighted by Gasteiger charge is 2.15. The zero-order valence-electron chi connectivity index (χ0n) is 12.8. The van der Waals surface area contributed by atoms with Crippen LogP contribution in [0.25, 0.3) is 10.2 Å². The summed E-state index contributed by atoms with van der Waals surface area (Å²) in [4.78, 5) is 6.91. The number of thiazole rings is 1. The predicted octanol–water partition coefficient (Wildman–Crippen LogP) is 3.77. The summed E-state index contributed by atoms with van der Waals surface area (Å²) in [6, 6.07) is 15.0. The van der Waals surface area contributed by atoms with Gasteiger partial charge in [0.15, 0.2) is 0 Å². The molecule has 3 aromatic rings. The van der Waals surface area contributed by atoms with Gasteiger partial charge >= 0.3 is 0 Å². The standard InChI is InChI=1S/C19H17N3S/c20-11-14-1-3-16-5-7-22(8-6-17(16)9-14)12-15-2-4-19-18(10-15)21-13-23-19/h1-4,9-10,13H,5-8,12H2. The van der Waals surface area contributed by atoms with E-state index in [9.17, 15) is 0 Å². The minimum absolute atomic E-state index is 0.770. The van der Waals surface area contributed by atoms with Gasteiger partial charge in [-0.3, -0.25) is 4.90 Å². The van der Waals surface area contributed by atoms with Crippen LogP contribution in [0.15, 0.2) is 41.9 Å². The molecular formula is C19H17N3S. The molecule has 114 valence electrons. The molecule has 0 radical (unpaired) electrons. The van der Waals surface area contributed by atoms with Gasteiger partial charge in [-0.15, -0.1) is 11.3 Å². The van der Waals surface area contributed by atoms with Crippen molar-refractivity contribution in [1.82, 2.24) is 9.88 Å². The molecule has 0 saturated heterocycles. The number of benzene rings is 2. The molecule has 23 heavy (non-hydrogen) atoms. The van der Waals surface area contributed by atoms with Crippen molar-refractivity contribution in [1.29, 1.82) is 5.26 Å². The van der Waals surface area contributed by atoms with Crippen LogP contribution in [0.4, 0.5) is 0 Å². The molecule has 2 aromatic carbocycles. The maximum absolute atomic E-state index is 9.06. The van der Waals surface area contributed by atoms with Gasteiger partial charge < -0.3 is 0 Å². The fourth-order valence-electron chi connectivity index (χ4n) is 3.26. The summed E-state index contributed by atoms with van der Waals surface area (Å²) in [6.45, 7) is 3.07. The van der Waals surface area contributed by atoms with Crippen LogP contribution < -0.4 is 0 Å². The molecule has 4 rings (SSSR count). The highest BCUT2D eigenvalue weighted by atomic mass is 32.1. The number of hydrogen-bond acceptors (Lipinski definition) is 4. The summed E-state index contributed by atoms with van der Waals surface area (Å²) < 4.78 is 1.25. The molecule has 1 aliphatic heterocycles. The van der Waals surface area contributed by atoms with Crippen molar-refractivity contribution in [3.8, 4) is 6.07 Å². The van der Waals surface area contributed by atoms with Crippen molar-refractivity contribution < 1.29 is 0 Å². The normalized spacial score (nSPS) is 15.1. The maximum atomic E-state index is 9.06. The molecule has 1 aliphatic rings. The Balaban J connectivity index is 1.50. The molecule has 0 amide bonds. The summed E-state index contributed by atoms with van der Waals surface area (Å²) >= 11 is 1.69. The van der Waals surface area contributed by atoms with Crippen LogP contribution in [-0.2, 0) is 19.4 Å². The smallest absolute Gasteiger partial charge is 0.0991 e. The van der Waals surface area contributed by atoms with E-state index in [1.165, 1.54) is 21.4 Å². The third-order valence-corrected chi connectivity index (χ3v) is 5.34. The summed E-state index contributed by atoms with van der Waals surface area (Å²) in [5.74, 6) is 0. The number of hydrogen-bond donors (Lipinski definition) is 0. The topological polar surface area (TPSA) is 39.9 Å². The fourth-order valence-corrected chi connectivity index (χ4v) is 3.92. The number of nitriles is 1. The Hall–Kier alpha value is -2.22. The van der Waals surface area contributed by atoms with Gasteiger partial charge in [-0.05, 0) is 53.8 Å². The average Bonchev–Trinajstić information content (AvgIpc) is 2.96. The molecule has 0 bridgehead atoms. The van der Waals surface area contributed by atoms with E-state index < -0.39 is 0 Å².